The second-order valence-electron chi connectivity index (χ2n) is 22.0. The molecule has 6 fully saturated rings. The molecule has 4 saturated heterocycles. The summed E-state index contributed by atoms with van der Waals surface area (Å²) in [5.74, 6) is 0.820. The Bertz CT molecular complexity index is 2530. The molecule has 10 rings (SSSR count). The molecular formula is C59H77ClF6N2O7. The van der Waals surface area contributed by atoms with Crippen molar-refractivity contribution in [2.75, 3.05) is 7.11 Å². The van der Waals surface area contributed by atoms with Crippen LogP contribution in [0.3, 0.4) is 0 Å². The van der Waals surface area contributed by atoms with Crippen LogP contribution in [0.25, 0.3) is 21.5 Å². The molecule has 16 heteroatoms. The van der Waals surface area contributed by atoms with Gasteiger partial charge in [-0.3, -0.25) is 19.3 Å². The quantitative estimate of drug-likeness (QED) is 0.0945. The van der Waals surface area contributed by atoms with E-state index in [0.29, 0.717) is 65.9 Å². The molecule has 6 aliphatic rings. The van der Waals surface area contributed by atoms with E-state index in [2.05, 4.69) is 24.1 Å². The number of benzene rings is 4. The van der Waals surface area contributed by atoms with Gasteiger partial charge in [-0.1, -0.05) is 69.8 Å². The number of nitrogens with one attached hydrogen (secondary N) is 1. The molecule has 414 valence electrons. The van der Waals surface area contributed by atoms with E-state index in [0.717, 1.165) is 77.0 Å². The van der Waals surface area contributed by atoms with Gasteiger partial charge in [0.15, 0.2) is 6.29 Å². The fraction of sp³-hybridized carbons (Fsp3) is 0.610. The summed E-state index contributed by atoms with van der Waals surface area (Å²) < 4.78 is 107. The van der Waals surface area contributed by atoms with Gasteiger partial charge in [0, 0.05) is 47.0 Å². The zero-order chi connectivity index (χ0) is 52.2. The van der Waals surface area contributed by atoms with Crippen LogP contribution in [0.4, 0.5) is 26.3 Å². The van der Waals surface area contributed by atoms with E-state index in [1.807, 2.05) is 26.0 Å². The molecular weight excluding hydrogens is 998 g/mol. The number of esters is 2. The van der Waals surface area contributed by atoms with Gasteiger partial charge in [0.25, 0.3) is 0 Å². The average molecular weight is 1080 g/mol. The number of methoxy groups -OCH3 is 1. The van der Waals surface area contributed by atoms with Crippen LogP contribution in [-0.4, -0.2) is 72.7 Å². The summed E-state index contributed by atoms with van der Waals surface area (Å²) in [7, 11) is 1.48. The molecule has 0 radical (unpaired) electrons. The van der Waals surface area contributed by atoms with E-state index >= 15 is 0 Å². The Morgan fingerprint density at radius 2 is 1.11 bits per heavy atom. The monoisotopic (exact) mass is 1070 g/mol. The summed E-state index contributed by atoms with van der Waals surface area (Å²) in [6, 6.07) is 17.7. The Hall–Kier alpha value is -4.60. The van der Waals surface area contributed by atoms with E-state index in [4.69, 9.17) is 18.9 Å². The molecule has 4 bridgehead atoms. The van der Waals surface area contributed by atoms with Crippen molar-refractivity contribution in [1.29, 1.82) is 0 Å². The third-order valence-corrected chi connectivity index (χ3v) is 16.3. The van der Waals surface area contributed by atoms with Crippen LogP contribution in [-0.2, 0) is 38.0 Å². The maximum atomic E-state index is 14.6. The fourth-order valence-electron chi connectivity index (χ4n) is 12.5. The smallest absolute Gasteiger partial charge is 0.420 e. The van der Waals surface area contributed by atoms with Gasteiger partial charge in [-0.2, -0.15) is 26.3 Å². The first-order valence-electron chi connectivity index (χ1n) is 26.6. The van der Waals surface area contributed by atoms with Crippen LogP contribution < -0.4 is 14.8 Å². The number of ether oxygens (including phenoxy) is 4. The zero-order valence-corrected chi connectivity index (χ0v) is 44.0. The summed E-state index contributed by atoms with van der Waals surface area (Å²) >= 11 is 0. The number of nitrogens with zero attached hydrogens (tertiary/aromatic N) is 1. The van der Waals surface area contributed by atoms with Gasteiger partial charge in [-0.25, -0.2) is 0 Å². The predicted octanol–water partition coefficient (Wildman–Crippen LogP) is 14.9. The highest BCUT2D eigenvalue weighted by Gasteiger charge is 2.45. The number of carbonyl (C=O) groups is 3. The SMILES string of the molecule is C.CC1CCC(Oc2ccc3cccc(C=O)c3c2C(F)(F)F)CC1.CC1CCC(Oc2ccc3cccc(CN4C5CCC4CC(C(=O)OC(C)C)C5)c3c2C(F)(F)F)CC1.COC(=O)C1CC2CCC(C1)N2.Cl. The molecule has 1 N–H and O–H groups in total. The lowest BCUT2D eigenvalue weighted by molar-refractivity contribution is -0.155. The number of hydrogen-bond acceptors (Lipinski definition) is 9. The van der Waals surface area contributed by atoms with Gasteiger partial charge in [0.05, 0.1) is 37.3 Å². The van der Waals surface area contributed by atoms with Crippen LogP contribution >= 0.6 is 12.4 Å². The first-order chi connectivity index (χ1) is 34.8. The summed E-state index contributed by atoms with van der Waals surface area (Å²) in [4.78, 5) is 37.3. The second kappa shape index (κ2) is 25.7. The van der Waals surface area contributed by atoms with Gasteiger partial charge in [0.2, 0.25) is 0 Å². The average Bonchev–Trinajstić information content (AvgIpc) is 3.80. The third kappa shape index (κ3) is 14.5. The first kappa shape index (κ1) is 59.6. The van der Waals surface area contributed by atoms with Crippen molar-refractivity contribution in [3.8, 4) is 11.5 Å². The zero-order valence-electron chi connectivity index (χ0n) is 43.2. The lowest BCUT2D eigenvalue weighted by atomic mass is 9.88. The minimum atomic E-state index is -4.59. The Morgan fingerprint density at radius 3 is 1.57 bits per heavy atom. The number of fused-ring (bicyclic) bond motifs is 6. The first-order valence-corrected chi connectivity index (χ1v) is 26.6. The van der Waals surface area contributed by atoms with Crippen LogP contribution in [0.5, 0.6) is 11.5 Å². The number of piperidine rings is 2. The Morgan fingerprint density at radius 1 is 0.640 bits per heavy atom. The van der Waals surface area contributed by atoms with Gasteiger partial charge in [-0.15, -0.1) is 12.4 Å². The highest BCUT2D eigenvalue weighted by molar-refractivity contribution is 6.01. The predicted molar refractivity (Wildman–Crippen MR) is 282 cm³/mol. The van der Waals surface area contributed by atoms with Crippen molar-refractivity contribution in [2.24, 2.45) is 23.7 Å². The fourth-order valence-corrected chi connectivity index (χ4v) is 12.5. The maximum absolute atomic E-state index is 14.6. The number of hydrogen-bond donors (Lipinski definition) is 1. The lowest BCUT2D eigenvalue weighted by Gasteiger charge is -2.38. The molecule has 0 amide bonds. The van der Waals surface area contributed by atoms with E-state index < -0.39 is 23.5 Å². The van der Waals surface area contributed by atoms with Gasteiger partial charge in [0.1, 0.15) is 22.6 Å². The molecule has 2 saturated carbocycles. The number of halogens is 7. The minimum absolute atomic E-state index is 0. The molecule has 4 atom stereocenters. The summed E-state index contributed by atoms with van der Waals surface area (Å²) in [5.41, 5.74) is -0.793. The van der Waals surface area contributed by atoms with Crippen LogP contribution in [0.15, 0.2) is 60.7 Å². The minimum Gasteiger partial charge on any atom is -0.490 e. The molecule has 4 aromatic carbocycles. The molecule has 4 unspecified atom stereocenters. The van der Waals surface area contributed by atoms with Crippen molar-refractivity contribution in [1.82, 2.24) is 10.2 Å². The van der Waals surface area contributed by atoms with Crippen LogP contribution in [0.1, 0.15) is 165 Å². The number of rotatable bonds is 10. The van der Waals surface area contributed by atoms with Gasteiger partial charge in [-0.05, 0) is 157 Å². The Kier molecular flexibility index (Phi) is 20.4. The van der Waals surface area contributed by atoms with E-state index in [1.165, 1.54) is 38.2 Å². The Labute approximate surface area is 444 Å². The van der Waals surface area contributed by atoms with Crippen molar-refractivity contribution in [3.05, 3.63) is 82.9 Å². The van der Waals surface area contributed by atoms with E-state index in [9.17, 15) is 40.7 Å². The summed E-state index contributed by atoms with van der Waals surface area (Å²) in [6.45, 7) is 8.47. The van der Waals surface area contributed by atoms with Crippen molar-refractivity contribution in [2.45, 2.75) is 199 Å². The van der Waals surface area contributed by atoms with Crippen LogP contribution in [0, 0.1) is 23.7 Å². The molecule has 0 spiro atoms. The molecule has 75 heavy (non-hydrogen) atoms. The van der Waals surface area contributed by atoms with Crippen LogP contribution in [0.2, 0.25) is 0 Å². The number of aldehydes is 1. The van der Waals surface area contributed by atoms with Crippen molar-refractivity contribution >= 4 is 52.2 Å². The Balaban J connectivity index is 0.000000205. The highest BCUT2D eigenvalue weighted by Crippen LogP contribution is 2.47. The lowest BCUT2D eigenvalue weighted by Crippen LogP contribution is -2.44. The molecule has 2 aliphatic carbocycles. The summed E-state index contributed by atoms with van der Waals surface area (Å²) in [6.07, 6.45) is 5.52. The highest BCUT2D eigenvalue weighted by atomic mass is 35.5. The summed E-state index contributed by atoms with van der Waals surface area (Å²) in [5, 5.41) is 4.62. The van der Waals surface area contributed by atoms with Gasteiger partial charge < -0.3 is 24.3 Å². The molecule has 0 aromatic heterocycles. The molecule has 4 heterocycles. The number of alkyl halides is 6. The molecule has 4 aliphatic heterocycles. The van der Waals surface area contributed by atoms with E-state index in [-0.39, 0.29) is 102 Å². The third-order valence-electron chi connectivity index (χ3n) is 16.3. The topological polar surface area (TPSA) is 103 Å². The second-order valence-corrected chi connectivity index (χ2v) is 22.0. The standard InChI is InChI=1S/C30H38F3NO3.C19H19F3O2.C9H15NO2.CH4.ClH/c1-18(2)36-29(35)22-15-23-10-11-24(16-22)34(23)17-21-6-4-5-20-9-14-26(28(27(20)21)30(31,32)33)37-25-12-7-19(3)8-13-25;1-12-5-8-15(9-6-12)24-16-10-7-13-3-2-4-14(11-23)17(13)18(16)19(20,21)22;1-12-9(11)6-4-7-2-3-8(5-6)10-7;;/h4-6,9,14,18-19,22-25H,7-8,10-13,15-17H2,1-3H3;2-4,7,10-12,15H,5-6,8-9H2,1H3;6-8,10H,2-5H2,1H3;1H4;1H. The number of carbonyl (C=O) groups excluding carboxylic acids is 3. The molecule has 9 nitrogen and oxygen atoms in total. The van der Waals surface area contributed by atoms with Crippen molar-refractivity contribution < 1.29 is 59.7 Å². The van der Waals surface area contributed by atoms with Crippen molar-refractivity contribution in [3.63, 3.8) is 0 Å². The normalized spacial score (nSPS) is 27.4. The molecule has 4 aromatic rings. The van der Waals surface area contributed by atoms with E-state index in [1.54, 1.807) is 30.3 Å². The maximum Gasteiger partial charge on any atom is 0.420 e. The largest absolute Gasteiger partial charge is 0.490 e. The van der Waals surface area contributed by atoms with Gasteiger partial charge >= 0.3 is 24.3 Å².